The van der Waals surface area contributed by atoms with E-state index >= 15 is 0 Å². The molecule has 1 atom stereocenters. The molecule has 0 bridgehead atoms. The van der Waals surface area contributed by atoms with Crippen molar-refractivity contribution in [1.29, 1.82) is 0 Å². The van der Waals surface area contributed by atoms with Crippen LogP contribution in [0, 0.1) is 5.92 Å². The largest absolute Gasteiger partial charge is 0.343 e. The number of carbonyl (C=O) groups is 2. The number of piperidine rings is 1. The molecule has 5 heteroatoms. The minimum Gasteiger partial charge on any atom is -0.343 e. The summed E-state index contributed by atoms with van der Waals surface area (Å²) in [4.78, 5) is 25.7. The van der Waals surface area contributed by atoms with Crippen LogP contribution in [-0.2, 0) is 4.79 Å². The second-order valence-corrected chi connectivity index (χ2v) is 6.95. The first-order valence-corrected chi connectivity index (χ1v) is 9.33. The van der Waals surface area contributed by atoms with Gasteiger partial charge in [0.1, 0.15) is 0 Å². The van der Waals surface area contributed by atoms with Crippen molar-refractivity contribution in [2.45, 2.75) is 58.0 Å². The van der Waals surface area contributed by atoms with E-state index in [2.05, 4.69) is 23.3 Å². The van der Waals surface area contributed by atoms with Crippen molar-refractivity contribution in [2.75, 3.05) is 13.1 Å². The Morgan fingerprint density at radius 2 is 1.88 bits per heavy atom. The van der Waals surface area contributed by atoms with Crippen LogP contribution in [0.2, 0.25) is 0 Å². The monoisotopic (exact) mass is 345 g/mol. The van der Waals surface area contributed by atoms with Crippen LogP contribution in [0.3, 0.4) is 0 Å². The lowest BCUT2D eigenvalue weighted by atomic mass is 9.77. The molecule has 0 aromatic carbocycles. The lowest BCUT2D eigenvalue weighted by Crippen LogP contribution is -2.53. The third kappa shape index (κ3) is 5.48. The molecule has 1 saturated heterocycles. The first kappa shape index (κ1) is 19.3. The fraction of sp³-hybridized carbons (Fsp3) is 0.600. The highest BCUT2D eigenvalue weighted by atomic mass is 16.2. The number of rotatable bonds is 6. The van der Waals surface area contributed by atoms with Crippen LogP contribution >= 0.6 is 0 Å². The topological polar surface area (TPSA) is 61.4 Å². The number of likely N-dealkylation sites (tertiary alicyclic amines) is 1. The molecule has 1 heterocycles. The van der Waals surface area contributed by atoms with Gasteiger partial charge in [-0.15, -0.1) is 0 Å². The second-order valence-electron chi connectivity index (χ2n) is 6.95. The van der Waals surface area contributed by atoms with Crippen LogP contribution in [-0.4, -0.2) is 42.0 Å². The maximum absolute atomic E-state index is 12.5. The molecule has 2 rings (SSSR count). The van der Waals surface area contributed by atoms with Crippen molar-refractivity contribution >= 4 is 11.9 Å². The van der Waals surface area contributed by atoms with E-state index in [0.717, 1.165) is 31.3 Å². The Labute approximate surface area is 151 Å². The summed E-state index contributed by atoms with van der Waals surface area (Å²) in [5.74, 6) is 0.616. The van der Waals surface area contributed by atoms with Crippen LogP contribution in [0.25, 0.3) is 0 Å². The zero-order chi connectivity index (χ0) is 18.2. The van der Waals surface area contributed by atoms with Crippen molar-refractivity contribution in [2.24, 2.45) is 5.92 Å². The van der Waals surface area contributed by atoms with Gasteiger partial charge in [-0.2, -0.15) is 0 Å². The quantitative estimate of drug-likeness (QED) is 0.727. The van der Waals surface area contributed by atoms with E-state index in [1.807, 2.05) is 24.0 Å². The third-order valence-electron chi connectivity index (χ3n) is 5.30. The van der Waals surface area contributed by atoms with Crippen molar-refractivity contribution in [3.05, 3.63) is 36.5 Å². The Morgan fingerprint density at radius 3 is 2.36 bits per heavy atom. The van der Waals surface area contributed by atoms with Crippen LogP contribution < -0.4 is 10.6 Å². The average Bonchev–Trinajstić information content (AvgIpc) is 2.54. The van der Waals surface area contributed by atoms with Crippen molar-refractivity contribution in [3.63, 3.8) is 0 Å². The molecule has 2 fully saturated rings. The predicted molar refractivity (Wildman–Crippen MR) is 101 cm³/mol. The number of nitrogens with one attached hydrogen (secondary N) is 2. The molecule has 3 amide bonds. The van der Waals surface area contributed by atoms with E-state index in [4.69, 9.17) is 0 Å². The van der Waals surface area contributed by atoms with Crippen molar-refractivity contribution in [1.82, 2.24) is 15.5 Å². The summed E-state index contributed by atoms with van der Waals surface area (Å²) >= 11 is 0. The van der Waals surface area contributed by atoms with Gasteiger partial charge in [-0.3, -0.25) is 4.79 Å². The molecule has 2 aliphatic rings. The molecule has 1 aliphatic heterocycles. The fourth-order valence-corrected chi connectivity index (χ4v) is 3.51. The molecule has 0 aromatic rings. The highest BCUT2D eigenvalue weighted by Gasteiger charge is 2.31. The molecular formula is C20H31N3O2. The molecule has 1 unspecified atom stereocenters. The van der Waals surface area contributed by atoms with Crippen LogP contribution in [0.5, 0.6) is 0 Å². The minimum absolute atomic E-state index is 0.0484. The standard InChI is InChI=1S/C20H31N3O2/c1-4-6-8-16(5-2)19(17-9-7-10-17)22-20(25)21-18-11-13-23(14-12-18)15(3)24/h4-6,8,17-19H,1,7,9-14H2,2-3H3,(H2,21,22,25)/b8-6-,16-5+. The maximum Gasteiger partial charge on any atom is 0.315 e. The number of amides is 3. The zero-order valence-corrected chi connectivity index (χ0v) is 15.5. The lowest BCUT2D eigenvalue weighted by Gasteiger charge is -2.36. The number of urea groups is 1. The van der Waals surface area contributed by atoms with Crippen LogP contribution in [0.1, 0.15) is 46.0 Å². The highest BCUT2D eigenvalue weighted by molar-refractivity contribution is 5.75. The van der Waals surface area contributed by atoms with E-state index in [1.54, 1.807) is 13.0 Å². The van der Waals surface area contributed by atoms with Gasteiger partial charge in [0, 0.05) is 26.1 Å². The fourth-order valence-electron chi connectivity index (χ4n) is 3.51. The third-order valence-corrected chi connectivity index (χ3v) is 5.30. The summed E-state index contributed by atoms with van der Waals surface area (Å²) in [7, 11) is 0. The van der Waals surface area contributed by atoms with E-state index in [0.29, 0.717) is 19.0 Å². The normalized spacial score (nSPS) is 20.9. The molecule has 1 aliphatic carbocycles. The summed E-state index contributed by atoms with van der Waals surface area (Å²) in [6, 6.07) is 0.0761. The lowest BCUT2D eigenvalue weighted by molar-refractivity contribution is -0.129. The van der Waals surface area contributed by atoms with Crippen LogP contribution in [0.4, 0.5) is 4.79 Å². The number of hydrogen-bond donors (Lipinski definition) is 2. The molecule has 2 N–H and O–H groups in total. The maximum atomic E-state index is 12.5. The van der Waals surface area contributed by atoms with Gasteiger partial charge in [0.05, 0.1) is 6.04 Å². The van der Waals surface area contributed by atoms with Crippen molar-refractivity contribution < 1.29 is 9.59 Å². The molecule has 0 aromatic heterocycles. The molecule has 0 radical (unpaired) electrons. The van der Waals surface area contributed by atoms with Gasteiger partial charge in [0.15, 0.2) is 0 Å². The van der Waals surface area contributed by atoms with E-state index in [1.165, 1.54) is 6.42 Å². The van der Waals surface area contributed by atoms with E-state index < -0.39 is 0 Å². The Bertz CT molecular complexity index is 541. The Hall–Kier alpha value is -2.04. The van der Waals surface area contributed by atoms with Crippen molar-refractivity contribution in [3.8, 4) is 0 Å². The first-order chi connectivity index (χ1) is 12.0. The summed E-state index contributed by atoms with van der Waals surface area (Å²) in [6.07, 6.45) is 12.9. The molecule has 0 spiro atoms. The van der Waals surface area contributed by atoms with Gasteiger partial charge in [0.25, 0.3) is 0 Å². The minimum atomic E-state index is -0.107. The van der Waals surface area contributed by atoms with E-state index in [9.17, 15) is 9.59 Å². The van der Waals surface area contributed by atoms with Gasteiger partial charge >= 0.3 is 6.03 Å². The average molecular weight is 345 g/mol. The van der Waals surface area contributed by atoms with E-state index in [-0.39, 0.29) is 24.0 Å². The highest BCUT2D eigenvalue weighted by Crippen LogP contribution is 2.33. The summed E-state index contributed by atoms with van der Waals surface area (Å²) in [6.45, 7) is 8.76. The summed E-state index contributed by atoms with van der Waals surface area (Å²) in [5, 5.41) is 6.26. The number of carbonyl (C=O) groups excluding carboxylic acids is 2. The number of nitrogens with zero attached hydrogens (tertiary/aromatic N) is 1. The smallest absolute Gasteiger partial charge is 0.315 e. The molecule has 138 valence electrons. The molecule has 1 saturated carbocycles. The number of allylic oxidation sites excluding steroid dienone is 3. The second kappa shape index (κ2) is 9.44. The van der Waals surface area contributed by atoms with Crippen LogP contribution in [0.15, 0.2) is 36.5 Å². The zero-order valence-electron chi connectivity index (χ0n) is 15.5. The summed E-state index contributed by atoms with van der Waals surface area (Å²) < 4.78 is 0. The predicted octanol–water partition coefficient (Wildman–Crippen LogP) is 3.15. The molecule has 25 heavy (non-hydrogen) atoms. The molecule has 5 nitrogen and oxygen atoms in total. The van der Waals surface area contributed by atoms with Gasteiger partial charge in [-0.1, -0.05) is 37.3 Å². The van der Waals surface area contributed by atoms with Gasteiger partial charge < -0.3 is 15.5 Å². The first-order valence-electron chi connectivity index (χ1n) is 9.33. The number of hydrogen-bond acceptors (Lipinski definition) is 2. The van der Waals surface area contributed by atoms with Gasteiger partial charge in [-0.05, 0) is 44.1 Å². The Kier molecular flexibility index (Phi) is 7.29. The Morgan fingerprint density at radius 1 is 1.20 bits per heavy atom. The van der Waals surface area contributed by atoms with Gasteiger partial charge in [-0.25, -0.2) is 4.79 Å². The summed E-state index contributed by atoms with van der Waals surface area (Å²) in [5.41, 5.74) is 1.13. The molecular weight excluding hydrogens is 314 g/mol. The SMILES string of the molecule is C=C/C=C\C(=C/C)C(NC(=O)NC1CCN(C(C)=O)CC1)C1CCC1. The Balaban J connectivity index is 1.90. The van der Waals surface area contributed by atoms with Gasteiger partial charge in [0.2, 0.25) is 5.91 Å².